The van der Waals surface area contributed by atoms with Crippen LogP contribution in [0.25, 0.3) is 5.57 Å². The van der Waals surface area contributed by atoms with Gasteiger partial charge in [0.15, 0.2) is 0 Å². The Morgan fingerprint density at radius 3 is 2.18 bits per heavy atom. The van der Waals surface area contributed by atoms with Gasteiger partial charge in [-0.1, -0.05) is 68.4 Å². The Hall–Kier alpha value is -2.94. The number of hydrogen-bond donors (Lipinski definition) is 2. The molecule has 0 saturated carbocycles. The van der Waals surface area contributed by atoms with E-state index in [9.17, 15) is 20.3 Å². The standard InChI is InChI=1S/C23H25NO4/c1-16(26)17-9-11-19(12-10-17)21(18-7-5-4-6-8-18)20(13-24)22(27)28-15-23(2,3)14-25/h4-12,16,25-26H,14-15H2,1-3H3/b21-20+. The summed E-state index contributed by atoms with van der Waals surface area (Å²) in [6, 6.07) is 18.2. The maximum atomic E-state index is 12.7. The Balaban J connectivity index is 2.52. The SMILES string of the molecule is CC(O)c1ccc(/C(=C(\C#N)C(=O)OCC(C)(C)CO)c2ccccc2)cc1. The summed E-state index contributed by atoms with van der Waals surface area (Å²) in [5.41, 5.74) is 1.88. The molecule has 0 aliphatic carbocycles. The lowest BCUT2D eigenvalue weighted by Crippen LogP contribution is -2.26. The number of ether oxygens (including phenoxy) is 1. The largest absolute Gasteiger partial charge is 0.461 e. The van der Waals surface area contributed by atoms with E-state index in [2.05, 4.69) is 0 Å². The van der Waals surface area contributed by atoms with E-state index < -0.39 is 17.5 Å². The van der Waals surface area contributed by atoms with Crippen LogP contribution in [-0.2, 0) is 9.53 Å². The van der Waals surface area contributed by atoms with E-state index in [0.29, 0.717) is 16.7 Å². The molecule has 0 aliphatic heterocycles. The predicted octanol–water partition coefficient (Wildman–Crippen LogP) is 3.63. The molecule has 2 aromatic rings. The zero-order valence-corrected chi connectivity index (χ0v) is 16.3. The molecule has 0 bridgehead atoms. The Kier molecular flexibility index (Phi) is 7.11. The molecule has 0 aromatic heterocycles. The summed E-state index contributed by atoms with van der Waals surface area (Å²) >= 11 is 0. The van der Waals surface area contributed by atoms with Crippen LogP contribution in [-0.4, -0.2) is 29.4 Å². The predicted molar refractivity (Wildman–Crippen MR) is 107 cm³/mol. The van der Waals surface area contributed by atoms with Crippen LogP contribution in [0.3, 0.4) is 0 Å². The second-order valence-electron chi connectivity index (χ2n) is 7.42. The topological polar surface area (TPSA) is 90.5 Å². The highest BCUT2D eigenvalue weighted by molar-refractivity contribution is 6.05. The van der Waals surface area contributed by atoms with E-state index in [1.54, 1.807) is 45.0 Å². The van der Waals surface area contributed by atoms with Gasteiger partial charge in [0.05, 0.1) is 19.3 Å². The van der Waals surface area contributed by atoms with Crippen molar-refractivity contribution in [3.8, 4) is 6.07 Å². The number of nitrogens with zero attached hydrogens (tertiary/aromatic N) is 1. The van der Waals surface area contributed by atoms with Crippen molar-refractivity contribution >= 4 is 11.5 Å². The third kappa shape index (κ3) is 5.29. The fraction of sp³-hybridized carbons (Fsp3) is 0.304. The van der Waals surface area contributed by atoms with Crippen LogP contribution in [0, 0.1) is 16.7 Å². The maximum absolute atomic E-state index is 12.7. The minimum atomic E-state index is -0.734. The number of nitriles is 1. The zero-order valence-electron chi connectivity index (χ0n) is 16.3. The van der Waals surface area contributed by atoms with Crippen molar-refractivity contribution in [1.82, 2.24) is 0 Å². The van der Waals surface area contributed by atoms with Crippen LogP contribution < -0.4 is 0 Å². The summed E-state index contributed by atoms with van der Waals surface area (Å²) in [5.74, 6) is -0.734. The molecule has 1 atom stereocenters. The summed E-state index contributed by atoms with van der Waals surface area (Å²) in [6.07, 6.45) is -0.612. The summed E-state index contributed by atoms with van der Waals surface area (Å²) in [5, 5.41) is 28.8. The Morgan fingerprint density at radius 2 is 1.68 bits per heavy atom. The number of carbonyl (C=O) groups excluding carboxylic acids is 1. The van der Waals surface area contributed by atoms with Crippen molar-refractivity contribution in [3.05, 3.63) is 76.9 Å². The molecule has 0 spiro atoms. The molecular formula is C23H25NO4. The third-order valence-corrected chi connectivity index (χ3v) is 4.33. The van der Waals surface area contributed by atoms with Gasteiger partial charge in [-0.15, -0.1) is 0 Å². The third-order valence-electron chi connectivity index (χ3n) is 4.33. The van der Waals surface area contributed by atoms with Crippen molar-refractivity contribution in [1.29, 1.82) is 5.26 Å². The quantitative estimate of drug-likeness (QED) is 0.436. The van der Waals surface area contributed by atoms with Gasteiger partial charge in [-0.3, -0.25) is 0 Å². The molecule has 0 aliphatic rings. The molecule has 146 valence electrons. The number of esters is 1. The first-order chi connectivity index (χ1) is 13.3. The molecule has 0 fully saturated rings. The Morgan fingerprint density at radius 1 is 1.11 bits per heavy atom. The van der Waals surface area contributed by atoms with Crippen LogP contribution in [0.2, 0.25) is 0 Å². The Labute approximate surface area is 165 Å². The zero-order chi connectivity index (χ0) is 20.7. The highest BCUT2D eigenvalue weighted by atomic mass is 16.5. The van der Waals surface area contributed by atoms with Gasteiger partial charge in [-0.2, -0.15) is 5.26 Å². The molecule has 0 radical (unpaired) electrons. The van der Waals surface area contributed by atoms with Crippen LogP contribution in [0.1, 0.15) is 43.6 Å². The number of benzene rings is 2. The molecule has 2 rings (SSSR count). The number of carbonyl (C=O) groups is 1. The lowest BCUT2D eigenvalue weighted by Gasteiger charge is -2.21. The van der Waals surface area contributed by atoms with Crippen molar-refractivity contribution in [3.63, 3.8) is 0 Å². The van der Waals surface area contributed by atoms with Gasteiger partial charge in [0.2, 0.25) is 0 Å². The van der Waals surface area contributed by atoms with Crippen LogP contribution in [0.5, 0.6) is 0 Å². The number of hydrogen-bond acceptors (Lipinski definition) is 5. The highest BCUT2D eigenvalue weighted by Crippen LogP contribution is 2.29. The normalized spacial score (nSPS) is 13.3. The first-order valence-electron chi connectivity index (χ1n) is 9.05. The molecule has 1 unspecified atom stereocenters. The van der Waals surface area contributed by atoms with Crippen molar-refractivity contribution < 1.29 is 19.7 Å². The second-order valence-corrected chi connectivity index (χ2v) is 7.42. The summed E-state index contributed by atoms with van der Waals surface area (Å²) < 4.78 is 5.32. The van der Waals surface area contributed by atoms with Crippen LogP contribution in [0.4, 0.5) is 0 Å². The van der Waals surface area contributed by atoms with E-state index >= 15 is 0 Å². The van der Waals surface area contributed by atoms with E-state index in [1.165, 1.54) is 0 Å². The van der Waals surface area contributed by atoms with E-state index in [0.717, 1.165) is 5.56 Å². The van der Waals surface area contributed by atoms with Crippen LogP contribution >= 0.6 is 0 Å². The molecule has 28 heavy (non-hydrogen) atoms. The number of rotatable bonds is 7. The average molecular weight is 379 g/mol. The molecule has 5 heteroatoms. The smallest absolute Gasteiger partial charge is 0.349 e. The molecular weight excluding hydrogens is 354 g/mol. The summed E-state index contributed by atoms with van der Waals surface area (Å²) in [4.78, 5) is 12.7. The monoisotopic (exact) mass is 379 g/mol. The number of aliphatic hydroxyl groups is 2. The molecule has 2 aromatic carbocycles. The fourth-order valence-corrected chi connectivity index (χ4v) is 2.57. The van der Waals surface area contributed by atoms with E-state index in [4.69, 9.17) is 4.74 Å². The average Bonchev–Trinajstić information content (AvgIpc) is 2.71. The van der Waals surface area contributed by atoms with Gasteiger partial charge in [-0.05, 0) is 23.6 Å². The summed E-state index contributed by atoms with van der Waals surface area (Å²) in [7, 11) is 0. The first-order valence-corrected chi connectivity index (χ1v) is 9.05. The molecule has 5 nitrogen and oxygen atoms in total. The van der Waals surface area contributed by atoms with Gasteiger partial charge in [0.1, 0.15) is 11.6 Å². The second kappa shape index (κ2) is 9.32. The minimum Gasteiger partial charge on any atom is -0.461 e. The molecule has 2 N–H and O–H groups in total. The van der Waals surface area contributed by atoms with Crippen molar-refractivity contribution in [2.24, 2.45) is 5.41 Å². The molecule has 0 amide bonds. The van der Waals surface area contributed by atoms with Crippen LogP contribution in [0.15, 0.2) is 60.2 Å². The fourth-order valence-electron chi connectivity index (χ4n) is 2.57. The minimum absolute atomic E-state index is 0.00342. The lowest BCUT2D eigenvalue weighted by molar-refractivity contribution is -0.142. The van der Waals surface area contributed by atoms with Gasteiger partial charge in [0, 0.05) is 11.0 Å². The first kappa shape index (κ1) is 21.4. The molecule has 0 heterocycles. The van der Waals surface area contributed by atoms with Gasteiger partial charge >= 0.3 is 5.97 Å². The van der Waals surface area contributed by atoms with E-state index in [-0.39, 0.29) is 18.8 Å². The van der Waals surface area contributed by atoms with Gasteiger partial charge < -0.3 is 14.9 Å². The lowest BCUT2D eigenvalue weighted by atomic mass is 9.92. The Bertz CT molecular complexity index is 875. The maximum Gasteiger partial charge on any atom is 0.349 e. The highest BCUT2D eigenvalue weighted by Gasteiger charge is 2.24. The number of aliphatic hydroxyl groups excluding tert-OH is 2. The van der Waals surface area contributed by atoms with Gasteiger partial charge in [-0.25, -0.2) is 4.79 Å². The van der Waals surface area contributed by atoms with E-state index in [1.807, 2.05) is 36.4 Å². The van der Waals surface area contributed by atoms with Crippen molar-refractivity contribution in [2.75, 3.05) is 13.2 Å². The van der Waals surface area contributed by atoms with Gasteiger partial charge in [0.25, 0.3) is 0 Å². The van der Waals surface area contributed by atoms with Crippen molar-refractivity contribution in [2.45, 2.75) is 26.9 Å². The summed E-state index contributed by atoms with van der Waals surface area (Å²) in [6.45, 7) is 5.06. The molecule has 0 saturated heterocycles.